The van der Waals surface area contributed by atoms with Crippen LogP contribution < -0.4 is 10.1 Å². The molecule has 0 aliphatic carbocycles. The number of carbonyl (C=O) groups is 3. The summed E-state index contributed by atoms with van der Waals surface area (Å²) in [5, 5.41) is 2.99. The van der Waals surface area contributed by atoms with E-state index in [1.165, 1.54) is 16.9 Å². The standard InChI is InChI=1S/C23H25N3O5S/c1-30-18-10-8-17(9-11-18)24-20(27)14-19-22(29)25(13-12-16-6-4-3-5-7-16)23(32)26(19)15-21(28)31-2/h3-11,19H,12-15H2,1-2H3,(H,24,27). The van der Waals surface area contributed by atoms with Crippen LogP contribution in [0.2, 0.25) is 0 Å². The molecule has 2 aromatic rings. The fourth-order valence-electron chi connectivity index (χ4n) is 3.43. The van der Waals surface area contributed by atoms with E-state index in [2.05, 4.69) is 5.32 Å². The number of benzene rings is 2. The van der Waals surface area contributed by atoms with Crippen LogP contribution in [0, 0.1) is 0 Å². The van der Waals surface area contributed by atoms with Crippen LogP contribution in [0.15, 0.2) is 54.6 Å². The predicted octanol–water partition coefficient (Wildman–Crippen LogP) is 2.24. The summed E-state index contributed by atoms with van der Waals surface area (Å²) >= 11 is 5.49. The number of methoxy groups -OCH3 is 2. The number of thiocarbonyl (C=S) groups is 1. The van der Waals surface area contributed by atoms with Crippen LogP contribution in [0.25, 0.3) is 0 Å². The third-order valence-electron chi connectivity index (χ3n) is 5.15. The molecule has 1 aliphatic heterocycles. The second kappa shape index (κ2) is 10.7. The van der Waals surface area contributed by atoms with Crippen molar-refractivity contribution in [3.05, 3.63) is 60.2 Å². The molecule has 1 heterocycles. The van der Waals surface area contributed by atoms with Crippen molar-refractivity contribution in [3.8, 4) is 5.75 Å². The number of hydrogen-bond acceptors (Lipinski definition) is 6. The number of nitrogens with zero attached hydrogens (tertiary/aromatic N) is 2. The monoisotopic (exact) mass is 455 g/mol. The molecule has 0 spiro atoms. The van der Waals surface area contributed by atoms with Gasteiger partial charge in [-0.25, -0.2) is 0 Å². The zero-order valence-corrected chi connectivity index (χ0v) is 18.8. The molecule has 3 rings (SSSR count). The van der Waals surface area contributed by atoms with Crippen LogP contribution in [0.4, 0.5) is 5.69 Å². The van der Waals surface area contributed by atoms with E-state index in [0.717, 1.165) is 5.56 Å². The molecule has 1 unspecified atom stereocenters. The summed E-state index contributed by atoms with van der Waals surface area (Å²) in [6.07, 6.45) is 0.452. The number of amides is 2. The van der Waals surface area contributed by atoms with Crippen molar-refractivity contribution >= 4 is 40.8 Å². The molecule has 0 radical (unpaired) electrons. The van der Waals surface area contributed by atoms with E-state index < -0.39 is 12.0 Å². The summed E-state index contributed by atoms with van der Waals surface area (Å²) in [5.74, 6) is -0.543. The van der Waals surface area contributed by atoms with Crippen LogP contribution in [0.3, 0.4) is 0 Å². The molecule has 1 atom stereocenters. The molecule has 1 aliphatic rings. The zero-order chi connectivity index (χ0) is 23.1. The van der Waals surface area contributed by atoms with E-state index in [9.17, 15) is 14.4 Å². The predicted molar refractivity (Wildman–Crippen MR) is 123 cm³/mol. The van der Waals surface area contributed by atoms with Crippen molar-refractivity contribution in [3.63, 3.8) is 0 Å². The second-order valence-corrected chi connectivity index (χ2v) is 7.57. The number of nitrogens with one attached hydrogen (secondary N) is 1. The van der Waals surface area contributed by atoms with E-state index in [1.807, 2.05) is 30.3 Å². The van der Waals surface area contributed by atoms with E-state index in [4.69, 9.17) is 21.7 Å². The molecule has 168 valence electrons. The Hall–Kier alpha value is -3.46. The Bertz CT molecular complexity index is 981. The van der Waals surface area contributed by atoms with Gasteiger partial charge in [-0.2, -0.15) is 0 Å². The third kappa shape index (κ3) is 5.61. The molecule has 9 heteroatoms. The fourth-order valence-corrected chi connectivity index (χ4v) is 3.80. The quantitative estimate of drug-likeness (QED) is 0.458. The van der Waals surface area contributed by atoms with Crippen LogP contribution in [-0.2, 0) is 25.5 Å². The normalized spacial score (nSPS) is 15.6. The van der Waals surface area contributed by atoms with E-state index in [0.29, 0.717) is 24.4 Å². The van der Waals surface area contributed by atoms with Gasteiger partial charge in [-0.05, 0) is 48.5 Å². The minimum absolute atomic E-state index is 0.149. The van der Waals surface area contributed by atoms with E-state index in [-0.39, 0.29) is 29.9 Å². The first-order valence-electron chi connectivity index (χ1n) is 10.1. The van der Waals surface area contributed by atoms with Gasteiger partial charge in [0.15, 0.2) is 5.11 Å². The summed E-state index contributed by atoms with van der Waals surface area (Å²) in [6, 6.07) is 15.7. The van der Waals surface area contributed by atoms with Crippen LogP contribution in [0.1, 0.15) is 12.0 Å². The highest BCUT2D eigenvalue weighted by Gasteiger charge is 2.44. The number of hydrogen-bond donors (Lipinski definition) is 1. The van der Waals surface area contributed by atoms with Crippen molar-refractivity contribution < 1.29 is 23.9 Å². The molecule has 8 nitrogen and oxygen atoms in total. The first-order valence-corrected chi connectivity index (χ1v) is 10.5. The Morgan fingerprint density at radius 3 is 2.38 bits per heavy atom. The van der Waals surface area contributed by atoms with Crippen LogP contribution >= 0.6 is 12.2 Å². The van der Waals surface area contributed by atoms with Crippen molar-refractivity contribution in [1.82, 2.24) is 9.80 Å². The van der Waals surface area contributed by atoms with Gasteiger partial charge in [0.1, 0.15) is 18.3 Å². The molecule has 0 bridgehead atoms. The number of carbonyl (C=O) groups excluding carboxylic acids is 3. The van der Waals surface area contributed by atoms with Gasteiger partial charge in [0.25, 0.3) is 5.91 Å². The molecular formula is C23H25N3O5S. The van der Waals surface area contributed by atoms with Gasteiger partial charge in [-0.15, -0.1) is 0 Å². The molecule has 1 fully saturated rings. The van der Waals surface area contributed by atoms with Gasteiger partial charge in [0.05, 0.1) is 20.6 Å². The maximum Gasteiger partial charge on any atom is 0.325 e. The summed E-state index contributed by atoms with van der Waals surface area (Å²) in [6.45, 7) is 0.152. The lowest BCUT2D eigenvalue weighted by Crippen LogP contribution is -2.41. The lowest BCUT2D eigenvalue weighted by Gasteiger charge is -2.22. The summed E-state index contributed by atoms with van der Waals surface area (Å²) in [7, 11) is 2.82. The number of anilines is 1. The summed E-state index contributed by atoms with van der Waals surface area (Å²) in [4.78, 5) is 40.6. The lowest BCUT2D eigenvalue weighted by atomic mass is 10.1. The number of ether oxygens (including phenoxy) is 2. The Labute approximate surface area is 192 Å². The molecule has 0 saturated carbocycles. The van der Waals surface area contributed by atoms with E-state index in [1.54, 1.807) is 31.4 Å². The first-order chi connectivity index (χ1) is 15.4. The third-order valence-corrected chi connectivity index (χ3v) is 5.61. The minimum Gasteiger partial charge on any atom is -0.497 e. The van der Waals surface area contributed by atoms with E-state index >= 15 is 0 Å². The first kappa shape index (κ1) is 23.2. The largest absolute Gasteiger partial charge is 0.497 e. The minimum atomic E-state index is -0.879. The highest BCUT2D eigenvalue weighted by molar-refractivity contribution is 7.80. The van der Waals surface area contributed by atoms with Crippen molar-refractivity contribution in [1.29, 1.82) is 0 Å². The highest BCUT2D eigenvalue weighted by Crippen LogP contribution is 2.23. The van der Waals surface area contributed by atoms with Gasteiger partial charge >= 0.3 is 5.97 Å². The number of esters is 1. The van der Waals surface area contributed by atoms with Crippen molar-refractivity contribution in [2.45, 2.75) is 18.9 Å². The smallest absolute Gasteiger partial charge is 0.325 e. The fraction of sp³-hybridized carbons (Fsp3) is 0.304. The molecule has 2 aromatic carbocycles. The zero-order valence-electron chi connectivity index (χ0n) is 17.9. The Balaban J connectivity index is 1.71. The van der Waals surface area contributed by atoms with Gasteiger partial charge in [0.2, 0.25) is 5.91 Å². The molecular weight excluding hydrogens is 430 g/mol. The maximum absolute atomic E-state index is 13.1. The highest BCUT2D eigenvalue weighted by atomic mass is 32.1. The average molecular weight is 456 g/mol. The van der Waals surface area contributed by atoms with Crippen LogP contribution in [0.5, 0.6) is 5.75 Å². The Kier molecular flexibility index (Phi) is 7.77. The van der Waals surface area contributed by atoms with Gasteiger partial charge in [0, 0.05) is 12.2 Å². The topological polar surface area (TPSA) is 88.2 Å². The van der Waals surface area contributed by atoms with Crippen molar-refractivity contribution in [2.75, 3.05) is 32.6 Å². The summed E-state index contributed by atoms with van der Waals surface area (Å²) in [5.41, 5.74) is 1.63. The van der Waals surface area contributed by atoms with Crippen LogP contribution in [-0.4, -0.2) is 66.0 Å². The average Bonchev–Trinajstić information content (AvgIpc) is 3.02. The SMILES string of the molecule is COC(=O)CN1C(=S)N(CCc2ccccc2)C(=O)C1CC(=O)Nc1ccc(OC)cc1. The molecule has 0 aromatic heterocycles. The van der Waals surface area contributed by atoms with Gasteiger partial charge in [-0.3, -0.25) is 19.3 Å². The van der Waals surface area contributed by atoms with Gasteiger partial charge in [-0.1, -0.05) is 30.3 Å². The molecule has 1 N–H and O–H groups in total. The maximum atomic E-state index is 13.1. The second-order valence-electron chi connectivity index (χ2n) is 7.21. The van der Waals surface area contributed by atoms with Crippen molar-refractivity contribution in [2.24, 2.45) is 0 Å². The molecule has 1 saturated heterocycles. The summed E-state index contributed by atoms with van der Waals surface area (Å²) < 4.78 is 9.86. The number of rotatable bonds is 9. The molecule has 2 amide bonds. The van der Waals surface area contributed by atoms with Gasteiger partial charge < -0.3 is 19.7 Å². The Morgan fingerprint density at radius 2 is 1.75 bits per heavy atom. The Morgan fingerprint density at radius 1 is 1.06 bits per heavy atom. The lowest BCUT2D eigenvalue weighted by molar-refractivity contribution is -0.141. The molecule has 32 heavy (non-hydrogen) atoms.